The third kappa shape index (κ3) is 4.56. The third-order valence-electron chi connectivity index (χ3n) is 7.50. The standard InChI is InChI=1S/C28H30N4O5/c1-3-28(37,12-13-31(2)16-19-14-17-6-4-5-7-22(17)29-19)18-8-9-20-21(15-18)27(36)32(26(20)35)23-10-11-24(33)30-25(23)34/h4-9,14-15,23,29,37H,3,10-13,16H2,1-2H3,(H,30,33,34). The molecule has 9 nitrogen and oxygen atoms in total. The highest BCUT2D eigenvalue weighted by Gasteiger charge is 2.45. The van der Waals surface area contributed by atoms with Crippen molar-refractivity contribution in [3.05, 3.63) is 70.9 Å². The number of H-pyrrole nitrogens is 1. The molecule has 3 aromatic rings. The van der Waals surface area contributed by atoms with Crippen molar-refractivity contribution in [2.24, 2.45) is 0 Å². The summed E-state index contributed by atoms with van der Waals surface area (Å²) in [6.07, 6.45) is 1.02. The minimum atomic E-state index is -1.20. The number of rotatable bonds is 8. The minimum absolute atomic E-state index is 0.0661. The molecule has 0 saturated carbocycles. The second kappa shape index (κ2) is 9.57. The van der Waals surface area contributed by atoms with Gasteiger partial charge in [-0.25, -0.2) is 0 Å². The molecule has 0 spiro atoms. The first kappa shape index (κ1) is 24.9. The van der Waals surface area contributed by atoms with Crippen molar-refractivity contribution in [3.63, 3.8) is 0 Å². The molecule has 0 radical (unpaired) electrons. The van der Waals surface area contributed by atoms with Crippen LogP contribution < -0.4 is 5.32 Å². The maximum absolute atomic E-state index is 13.2. The van der Waals surface area contributed by atoms with Gasteiger partial charge in [0.25, 0.3) is 11.8 Å². The number of fused-ring (bicyclic) bond motifs is 2. The Labute approximate surface area is 214 Å². The number of para-hydroxylation sites is 1. The summed E-state index contributed by atoms with van der Waals surface area (Å²) in [4.78, 5) is 56.5. The van der Waals surface area contributed by atoms with Crippen molar-refractivity contribution in [2.45, 2.75) is 50.8 Å². The highest BCUT2D eigenvalue weighted by molar-refractivity contribution is 6.23. The Kier molecular flexibility index (Phi) is 6.43. The lowest BCUT2D eigenvalue weighted by molar-refractivity contribution is -0.136. The molecule has 2 aromatic carbocycles. The van der Waals surface area contributed by atoms with Crippen LogP contribution in [0.25, 0.3) is 10.9 Å². The number of hydrogen-bond donors (Lipinski definition) is 3. The molecule has 1 saturated heterocycles. The summed E-state index contributed by atoms with van der Waals surface area (Å²) in [5.74, 6) is -2.19. The maximum atomic E-state index is 13.2. The van der Waals surface area contributed by atoms with Gasteiger partial charge in [0.05, 0.1) is 16.7 Å². The lowest BCUT2D eigenvalue weighted by Gasteiger charge is -2.30. The number of nitrogens with one attached hydrogen (secondary N) is 2. The van der Waals surface area contributed by atoms with Crippen molar-refractivity contribution in [1.29, 1.82) is 0 Å². The fraction of sp³-hybridized carbons (Fsp3) is 0.357. The van der Waals surface area contributed by atoms with E-state index in [0.717, 1.165) is 21.5 Å². The van der Waals surface area contributed by atoms with E-state index in [2.05, 4.69) is 27.3 Å². The van der Waals surface area contributed by atoms with Gasteiger partial charge in [-0.3, -0.25) is 29.4 Å². The molecule has 2 unspecified atom stereocenters. The Bertz CT molecular complexity index is 1380. The van der Waals surface area contributed by atoms with Gasteiger partial charge in [0.2, 0.25) is 11.8 Å². The average Bonchev–Trinajstić information content (AvgIpc) is 3.40. The quantitative estimate of drug-likeness (QED) is 0.407. The van der Waals surface area contributed by atoms with Crippen LogP contribution in [-0.2, 0) is 21.7 Å². The molecule has 9 heteroatoms. The molecule has 0 aliphatic carbocycles. The molecule has 192 valence electrons. The molecule has 4 amide bonds. The van der Waals surface area contributed by atoms with E-state index < -0.39 is 35.3 Å². The first-order valence-electron chi connectivity index (χ1n) is 12.5. The Morgan fingerprint density at radius 3 is 2.54 bits per heavy atom. The number of nitrogens with zero attached hydrogens (tertiary/aromatic N) is 2. The van der Waals surface area contributed by atoms with Gasteiger partial charge in [-0.1, -0.05) is 31.2 Å². The molecular formula is C28H30N4O5. The van der Waals surface area contributed by atoms with Crippen LogP contribution in [0, 0.1) is 0 Å². The number of aromatic amines is 1. The highest BCUT2D eigenvalue weighted by Crippen LogP contribution is 2.34. The van der Waals surface area contributed by atoms with Crippen molar-refractivity contribution in [3.8, 4) is 0 Å². The van der Waals surface area contributed by atoms with E-state index in [1.165, 1.54) is 0 Å². The topological polar surface area (TPSA) is 123 Å². The highest BCUT2D eigenvalue weighted by atomic mass is 16.3. The van der Waals surface area contributed by atoms with Gasteiger partial charge in [-0.2, -0.15) is 0 Å². The molecule has 2 aliphatic rings. The second-order valence-electron chi connectivity index (χ2n) is 9.96. The number of imide groups is 2. The van der Waals surface area contributed by atoms with Crippen LogP contribution in [0.4, 0.5) is 0 Å². The molecule has 3 heterocycles. The van der Waals surface area contributed by atoms with Gasteiger partial charge in [-0.15, -0.1) is 0 Å². The van der Waals surface area contributed by atoms with Gasteiger partial charge in [0.1, 0.15) is 6.04 Å². The predicted octanol–water partition coefficient (Wildman–Crippen LogP) is 2.69. The molecule has 2 atom stereocenters. The lowest BCUT2D eigenvalue weighted by atomic mass is 9.86. The summed E-state index contributed by atoms with van der Waals surface area (Å²) in [6, 6.07) is 14.0. The van der Waals surface area contributed by atoms with Crippen LogP contribution in [0.5, 0.6) is 0 Å². The largest absolute Gasteiger partial charge is 0.385 e. The summed E-state index contributed by atoms with van der Waals surface area (Å²) in [5.41, 5.74) is 1.89. The van der Waals surface area contributed by atoms with Crippen molar-refractivity contribution in [1.82, 2.24) is 20.1 Å². The number of hydrogen-bond acceptors (Lipinski definition) is 6. The van der Waals surface area contributed by atoms with E-state index in [9.17, 15) is 24.3 Å². The zero-order valence-electron chi connectivity index (χ0n) is 20.9. The Morgan fingerprint density at radius 2 is 1.81 bits per heavy atom. The normalized spacial score (nSPS) is 19.5. The average molecular weight is 503 g/mol. The minimum Gasteiger partial charge on any atom is -0.385 e. The van der Waals surface area contributed by atoms with E-state index in [1.54, 1.807) is 18.2 Å². The fourth-order valence-electron chi connectivity index (χ4n) is 5.25. The van der Waals surface area contributed by atoms with Crippen molar-refractivity contribution in [2.75, 3.05) is 13.6 Å². The molecule has 5 rings (SSSR count). The van der Waals surface area contributed by atoms with Gasteiger partial charge < -0.3 is 15.0 Å². The summed E-state index contributed by atoms with van der Waals surface area (Å²) in [6.45, 7) is 3.17. The SMILES string of the molecule is CCC(O)(CCN(C)Cc1cc2ccccc2[nH]1)c1ccc2c(c1)C(=O)N(C1CCC(=O)NC1=O)C2=O. The molecule has 37 heavy (non-hydrogen) atoms. The van der Waals surface area contributed by atoms with Crippen LogP contribution >= 0.6 is 0 Å². The Morgan fingerprint density at radius 1 is 1.05 bits per heavy atom. The van der Waals surface area contributed by atoms with E-state index in [-0.39, 0.29) is 24.0 Å². The van der Waals surface area contributed by atoms with Gasteiger partial charge >= 0.3 is 0 Å². The Balaban J connectivity index is 1.30. The Hall–Kier alpha value is -3.82. The molecule has 1 aromatic heterocycles. The summed E-state index contributed by atoms with van der Waals surface area (Å²) in [5, 5.41) is 14.9. The first-order chi connectivity index (χ1) is 17.7. The van der Waals surface area contributed by atoms with Gasteiger partial charge in [-0.05, 0) is 61.5 Å². The monoisotopic (exact) mass is 502 g/mol. The van der Waals surface area contributed by atoms with Gasteiger partial charge in [0.15, 0.2) is 0 Å². The lowest BCUT2D eigenvalue weighted by Crippen LogP contribution is -2.54. The number of amides is 4. The molecule has 0 bridgehead atoms. The smallest absolute Gasteiger partial charge is 0.262 e. The summed E-state index contributed by atoms with van der Waals surface area (Å²) in [7, 11) is 1.99. The van der Waals surface area contributed by atoms with Crippen LogP contribution in [0.1, 0.15) is 64.6 Å². The van der Waals surface area contributed by atoms with Crippen molar-refractivity contribution < 1.29 is 24.3 Å². The summed E-state index contributed by atoms with van der Waals surface area (Å²) >= 11 is 0. The number of carbonyl (C=O) groups excluding carboxylic acids is 4. The molecule has 1 fully saturated rings. The number of piperidine rings is 1. The zero-order chi connectivity index (χ0) is 26.3. The number of benzene rings is 2. The maximum Gasteiger partial charge on any atom is 0.262 e. The third-order valence-corrected chi connectivity index (χ3v) is 7.50. The van der Waals surface area contributed by atoms with E-state index in [4.69, 9.17) is 0 Å². The van der Waals surface area contributed by atoms with Crippen LogP contribution in [0.2, 0.25) is 0 Å². The second-order valence-corrected chi connectivity index (χ2v) is 9.96. The van der Waals surface area contributed by atoms with Crippen LogP contribution in [0.3, 0.4) is 0 Å². The zero-order valence-corrected chi connectivity index (χ0v) is 20.9. The number of aliphatic hydroxyl groups is 1. The van der Waals surface area contributed by atoms with E-state index >= 15 is 0 Å². The van der Waals surface area contributed by atoms with Gasteiger partial charge in [0, 0.05) is 30.7 Å². The molecule has 2 aliphatic heterocycles. The molecule has 3 N–H and O–H groups in total. The van der Waals surface area contributed by atoms with Crippen molar-refractivity contribution >= 4 is 34.5 Å². The summed E-state index contributed by atoms with van der Waals surface area (Å²) < 4.78 is 0. The number of aromatic nitrogens is 1. The number of carbonyl (C=O) groups is 4. The van der Waals surface area contributed by atoms with E-state index in [1.807, 2.05) is 32.2 Å². The fourth-order valence-corrected chi connectivity index (χ4v) is 5.25. The predicted molar refractivity (Wildman–Crippen MR) is 137 cm³/mol. The van der Waals surface area contributed by atoms with Crippen LogP contribution in [0.15, 0.2) is 48.5 Å². The first-order valence-corrected chi connectivity index (χ1v) is 12.5. The van der Waals surface area contributed by atoms with E-state index in [0.29, 0.717) is 31.5 Å². The van der Waals surface area contributed by atoms with Crippen LogP contribution in [-0.4, -0.2) is 63.2 Å². The molecular weight excluding hydrogens is 472 g/mol.